The normalized spacial score (nSPS) is 15.7. The SMILES string of the molecule is CC[C@H](C(=O)NCCOc1ccc(S(=O)(=O)N2CCCCC2)cc1)N(c1cc(C)cc(C)c1)S(C)(=O)=O. The number of piperidine rings is 1. The number of amides is 1. The minimum Gasteiger partial charge on any atom is -0.492 e. The lowest BCUT2D eigenvalue weighted by Crippen LogP contribution is -2.50. The largest absolute Gasteiger partial charge is 0.492 e. The van der Waals surface area contributed by atoms with E-state index in [1.54, 1.807) is 31.2 Å². The van der Waals surface area contributed by atoms with E-state index in [0.29, 0.717) is 30.9 Å². The second-order valence-electron chi connectivity index (χ2n) is 9.40. The zero-order valence-corrected chi connectivity index (χ0v) is 23.6. The summed E-state index contributed by atoms with van der Waals surface area (Å²) in [5, 5.41) is 2.76. The molecule has 204 valence electrons. The molecule has 0 aromatic heterocycles. The fourth-order valence-electron chi connectivity index (χ4n) is 4.56. The number of hydrogen-bond donors (Lipinski definition) is 1. The highest BCUT2D eigenvalue weighted by Crippen LogP contribution is 2.25. The van der Waals surface area contributed by atoms with Gasteiger partial charge in [0.25, 0.3) is 0 Å². The average molecular weight is 552 g/mol. The van der Waals surface area contributed by atoms with E-state index in [2.05, 4.69) is 5.32 Å². The Morgan fingerprint density at radius 1 is 1.00 bits per heavy atom. The number of ether oxygens (including phenoxy) is 1. The summed E-state index contributed by atoms with van der Waals surface area (Å²) in [4.78, 5) is 13.2. The molecule has 0 saturated carbocycles. The molecule has 1 N–H and O–H groups in total. The third-order valence-corrected chi connectivity index (χ3v) is 9.33. The smallest absolute Gasteiger partial charge is 0.244 e. The summed E-state index contributed by atoms with van der Waals surface area (Å²) >= 11 is 0. The first-order valence-electron chi connectivity index (χ1n) is 12.5. The van der Waals surface area contributed by atoms with E-state index in [9.17, 15) is 21.6 Å². The monoisotopic (exact) mass is 551 g/mol. The van der Waals surface area contributed by atoms with Crippen molar-refractivity contribution < 1.29 is 26.4 Å². The average Bonchev–Trinajstić information content (AvgIpc) is 2.84. The van der Waals surface area contributed by atoms with Gasteiger partial charge in [0.05, 0.1) is 23.4 Å². The summed E-state index contributed by atoms with van der Waals surface area (Å²) in [5.41, 5.74) is 2.27. The van der Waals surface area contributed by atoms with Crippen molar-refractivity contribution in [3.63, 3.8) is 0 Å². The molecule has 1 heterocycles. The fraction of sp³-hybridized carbons (Fsp3) is 0.500. The summed E-state index contributed by atoms with van der Waals surface area (Å²) in [6.45, 7) is 6.91. The molecule has 11 heteroatoms. The second kappa shape index (κ2) is 12.3. The quantitative estimate of drug-likeness (QED) is 0.429. The number of sulfonamides is 2. The maximum atomic E-state index is 13.0. The van der Waals surface area contributed by atoms with Gasteiger partial charge in [-0.15, -0.1) is 0 Å². The van der Waals surface area contributed by atoms with E-state index in [1.165, 1.54) is 20.7 Å². The maximum absolute atomic E-state index is 13.0. The fourth-order valence-corrected chi connectivity index (χ4v) is 7.27. The molecule has 0 spiro atoms. The van der Waals surface area contributed by atoms with Crippen LogP contribution in [0.5, 0.6) is 5.75 Å². The second-order valence-corrected chi connectivity index (χ2v) is 13.2. The molecular formula is C26H37N3O6S2. The summed E-state index contributed by atoms with van der Waals surface area (Å²) in [6.07, 6.45) is 4.18. The zero-order valence-electron chi connectivity index (χ0n) is 21.9. The van der Waals surface area contributed by atoms with Crippen LogP contribution in [-0.4, -0.2) is 65.6 Å². The number of benzene rings is 2. The molecule has 1 fully saturated rings. The van der Waals surface area contributed by atoms with Crippen molar-refractivity contribution in [2.75, 3.05) is 36.8 Å². The van der Waals surface area contributed by atoms with Crippen LogP contribution < -0.4 is 14.4 Å². The first-order valence-corrected chi connectivity index (χ1v) is 15.8. The number of rotatable bonds is 11. The molecule has 37 heavy (non-hydrogen) atoms. The van der Waals surface area contributed by atoms with E-state index in [0.717, 1.165) is 36.6 Å². The van der Waals surface area contributed by atoms with Crippen molar-refractivity contribution in [2.24, 2.45) is 0 Å². The lowest BCUT2D eigenvalue weighted by Gasteiger charge is -2.30. The summed E-state index contributed by atoms with van der Waals surface area (Å²) in [5.74, 6) is 0.0607. The van der Waals surface area contributed by atoms with Gasteiger partial charge >= 0.3 is 0 Å². The third kappa shape index (κ3) is 7.45. The maximum Gasteiger partial charge on any atom is 0.244 e. The number of carbonyl (C=O) groups excluding carboxylic acids is 1. The Labute approximate surface area is 220 Å². The standard InChI is InChI=1S/C26H37N3O6S2/c1-5-25(29(36(4,31)32)22-18-20(2)17-21(3)19-22)26(30)27-13-16-35-23-9-11-24(12-10-23)37(33,34)28-14-7-6-8-15-28/h9-12,17-19,25H,5-8,13-16H2,1-4H3,(H,27,30)/t25-/m1/s1. The van der Waals surface area contributed by atoms with Crippen LogP contribution in [0.25, 0.3) is 0 Å². The first-order chi connectivity index (χ1) is 17.4. The molecule has 2 aromatic carbocycles. The van der Waals surface area contributed by atoms with Gasteiger partial charge in [0, 0.05) is 13.1 Å². The van der Waals surface area contributed by atoms with E-state index in [4.69, 9.17) is 4.74 Å². The number of nitrogens with zero attached hydrogens (tertiary/aromatic N) is 2. The topological polar surface area (TPSA) is 113 Å². The van der Waals surface area contributed by atoms with Gasteiger partial charge in [0.2, 0.25) is 26.0 Å². The Hall–Kier alpha value is -2.63. The Morgan fingerprint density at radius 3 is 2.14 bits per heavy atom. The molecule has 1 atom stereocenters. The van der Waals surface area contributed by atoms with Crippen LogP contribution in [0.15, 0.2) is 47.4 Å². The molecule has 0 bridgehead atoms. The molecule has 0 radical (unpaired) electrons. The van der Waals surface area contributed by atoms with Gasteiger partial charge in [-0.05, 0) is 80.6 Å². The van der Waals surface area contributed by atoms with Crippen molar-refractivity contribution in [3.05, 3.63) is 53.6 Å². The third-order valence-electron chi connectivity index (χ3n) is 6.24. The van der Waals surface area contributed by atoms with E-state index in [-0.39, 0.29) is 18.0 Å². The lowest BCUT2D eigenvalue weighted by atomic mass is 10.1. The highest BCUT2D eigenvalue weighted by atomic mass is 32.2. The van der Waals surface area contributed by atoms with Crippen molar-refractivity contribution in [1.29, 1.82) is 0 Å². The summed E-state index contributed by atoms with van der Waals surface area (Å²) in [7, 11) is -7.23. The molecule has 2 aromatic rings. The Morgan fingerprint density at radius 2 is 1.59 bits per heavy atom. The predicted octanol–water partition coefficient (Wildman–Crippen LogP) is 3.22. The zero-order chi connectivity index (χ0) is 27.2. The Bertz CT molecular complexity index is 1270. The van der Waals surface area contributed by atoms with E-state index >= 15 is 0 Å². The van der Waals surface area contributed by atoms with Gasteiger partial charge in [-0.2, -0.15) is 4.31 Å². The molecule has 0 unspecified atom stereocenters. The summed E-state index contributed by atoms with van der Waals surface area (Å²) in [6, 6.07) is 10.8. The molecular weight excluding hydrogens is 514 g/mol. The molecule has 1 aliphatic rings. The number of anilines is 1. The van der Waals surface area contributed by atoms with Crippen molar-refractivity contribution in [2.45, 2.75) is 57.4 Å². The number of nitrogens with one attached hydrogen (secondary N) is 1. The molecule has 9 nitrogen and oxygen atoms in total. The van der Waals surface area contributed by atoms with Gasteiger partial charge in [-0.25, -0.2) is 16.8 Å². The van der Waals surface area contributed by atoms with Gasteiger partial charge in [0.1, 0.15) is 18.4 Å². The minimum absolute atomic E-state index is 0.142. The molecule has 1 saturated heterocycles. The first kappa shape index (κ1) is 28.9. The van der Waals surface area contributed by atoms with Crippen LogP contribution in [0.4, 0.5) is 5.69 Å². The number of aryl methyl sites for hydroxylation is 2. The van der Waals surface area contributed by atoms with Crippen LogP contribution in [0.1, 0.15) is 43.7 Å². The molecule has 3 rings (SSSR count). The van der Waals surface area contributed by atoms with Crippen LogP contribution in [0, 0.1) is 13.8 Å². The predicted molar refractivity (Wildman–Crippen MR) is 145 cm³/mol. The number of carbonyl (C=O) groups is 1. The molecule has 1 amide bonds. The van der Waals surface area contributed by atoms with Crippen LogP contribution in [0.3, 0.4) is 0 Å². The van der Waals surface area contributed by atoms with E-state index < -0.39 is 32.0 Å². The van der Waals surface area contributed by atoms with Crippen LogP contribution in [0.2, 0.25) is 0 Å². The highest BCUT2D eigenvalue weighted by Gasteiger charge is 2.31. The van der Waals surface area contributed by atoms with Crippen molar-refractivity contribution in [3.8, 4) is 5.75 Å². The van der Waals surface area contributed by atoms with Gasteiger partial charge in [0.15, 0.2) is 0 Å². The van der Waals surface area contributed by atoms with Gasteiger partial charge in [-0.3, -0.25) is 9.10 Å². The van der Waals surface area contributed by atoms with E-state index in [1.807, 2.05) is 19.9 Å². The molecule has 0 aliphatic carbocycles. The Balaban J connectivity index is 1.59. The van der Waals surface area contributed by atoms with Crippen LogP contribution >= 0.6 is 0 Å². The summed E-state index contributed by atoms with van der Waals surface area (Å²) < 4.78 is 59.2. The molecule has 1 aliphatic heterocycles. The van der Waals surface area contributed by atoms with Gasteiger partial charge < -0.3 is 10.1 Å². The highest BCUT2D eigenvalue weighted by molar-refractivity contribution is 7.92. The number of hydrogen-bond acceptors (Lipinski definition) is 6. The van der Waals surface area contributed by atoms with Crippen molar-refractivity contribution in [1.82, 2.24) is 9.62 Å². The lowest BCUT2D eigenvalue weighted by molar-refractivity contribution is -0.122. The van der Waals surface area contributed by atoms with Crippen LogP contribution in [-0.2, 0) is 24.8 Å². The Kier molecular flexibility index (Phi) is 9.60. The van der Waals surface area contributed by atoms with Crippen molar-refractivity contribution >= 4 is 31.6 Å². The minimum atomic E-state index is -3.72. The van der Waals surface area contributed by atoms with Gasteiger partial charge in [-0.1, -0.05) is 19.4 Å².